The third kappa shape index (κ3) is 4.08. The second-order valence-corrected chi connectivity index (χ2v) is 4.97. The lowest BCUT2D eigenvalue weighted by Crippen LogP contribution is -2.49. The van der Waals surface area contributed by atoms with Gasteiger partial charge in [-0.2, -0.15) is 0 Å². The van der Waals surface area contributed by atoms with Crippen molar-refractivity contribution in [3.05, 3.63) is 24.0 Å². The van der Waals surface area contributed by atoms with Gasteiger partial charge < -0.3 is 20.6 Å². The number of carbonyl (C=O) groups is 2. The summed E-state index contributed by atoms with van der Waals surface area (Å²) < 4.78 is 0. The van der Waals surface area contributed by atoms with Crippen molar-refractivity contribution in [2.75, 3.05) is 19.6 Å². The molecule has 0 radical (unpaired) electrons. The van der Waals surface area contributed by atoms with E-state index in [9.17, 15) is 9.59 Å². The highest BCUT2D eigenvalue weighted by Crippen LogP contribution is 2.12. The Labute approximate surface area is 123 Å². The molecule has 7 nitrogen and oxygen atoms in total. The summed E-state index contributed by atoms with van der Waals surface area (Å²) >= 11 is 0. The predicted octanol–water partition coefficient (Wildman–Crippen LogP) is 0.711. The molecule has 0 unspecified atom stereocenters. The molecule has 114 valence electrons. The highest BCUT2D eigenvalue weighted by molar-refractivity contribution is 5.92. The van der Waals surface area contributed by atoms with Gasteiger partial charge in [-0.1, -0.05) is 0 Å². The number of carbonyl (C=O) groups excluding carboxylic acids is 2. The van der Waals surface area contributed by atoms with Crippen LogP contribution >= 0.6 is 0 Å². The van der Waals surface area contributed by atoms with E-state index in [1.165, 1.54) is 18.3 Å². The van der Waals surface area contributed by atoms with Crippen LogP contribution in [0.4, 0.5) is 4.79 Å². The molecule has 3 N–H and O–H groups in total. The number of aromatic nitrogens is 1. The Kier molecular flexibility index (Phi) is 4.97. The zero-order chi connectivity index (χ0) is 15.2. The monoisotopic (exact) mass is 292 g/mol. The van der Waals surface area contributed by atoms with Crippen LogP contribution in [-0.2, 0) is 0 Å². The van der Waals surface area contributed by atoms with Crippen molar-refractivity contribution in [2.45, 2.75) is 25.8 Å². The molecule has 0 atom stereocenters. The van der Waals surface area contributed by atoms with Gasteiger partial charge in [0.2, 0.25) is 0 Å². The molecule has 0 bridgehead atoms. The largest absolute Gasteiger partial charge is 0.506 e. The highest BCUT2D eigenvalue weighted by Gasteiger charge is 2.24. The van der Waals surface area contributed by atoms with Gasteiger partial charge >= 0.3 is 6.03 Å². The second-order valence-electron chi connectivity index (χ2n) is 4.97. The fourth-order valence-corrected chi connectivity index (χ4v) is 2.27. The number of pyridine rings is 1. The van der Waals surface area contributed by atoms with Crippen LogP contribution < -0.4 is 10.6 Å². The summed E-state index contributed by atoms with van der Waals surface area (Å²) in [6.45, 7) is 3.75. The lowest BCUT2D eigenvalue weighted by atomic mass is 10.1. The first-order chi connectivity index (χ1) is 10.1. The topological polar surface area (TPSA) is 94.6 Å². The zero-order valence-electron chi connectivity index (χ0n) is 12.0. The average molecular weight is 292 g/mol. The van der Waals surface area contributed by atoms with E-state index in [4.69, 9.17) is 5.11 Å². The summed E-state index contributed by atoms with van der Waals surface area (Å²) in [5.74, 6) is -0.228. The lowest BCUT2D eigenvalue weighted by molar-refractivity contribution is 0.0913. The standard InChI is InChI=1S/C14H20N4O3/c1-2-15-14(21)18-7-5-10(6-8-18)17-13(20)12-4-3-11(19)9-16-12/h3-4,9-10,19H,2,5-8H2,1H3,(H,15,21)(H,17,20). The molecule has 2 rings (SSSR count). The van der Waals surface area contributed by atoms with Crippen LogP contribution in [0.25, 0.3) is 0 Å². The van der Waals surface area contributed by atoms with E-state index in [-0.39, 0.29) is 29.4 Å². The second kappa shape index (κ2) is 6.92. The van der Waals surface area contributed by atoms with Crippen LogP contribution in [0, 0.1) is 0 Å². The first-order valence-corrected chi connectivity index (χ1v) is 7.08. The number of urea groups is 1. The van der Waals surface area contributed by atoms with E-state index in [0.29, 0.717) is 19.6 Å². The van der Waals surface area contributed by atoms with Gasteiger partial charge in [-0.05, 0) is 31.9 Å². The van der Waals surface area contributed by atoms with Gasteiger partial charge in [0.05, 0.1) is 6.20 Å². The number of aromatic hydroxyl groups is 1. The summed E-state index contributed by atoms with van der Waals surface area (Å²) in [6.07, 6.45) is 2.69. The minimum absolute atomic E-state index is 0.0294. The van der Waals surface area contributed by atoms with Gasteiger partial charge in [-0.15, -0.1) is 0 Å². The number of hydrogen-bond acceptors (Lipinski definition) is 4. The Morgan fingerprint density at radius 2 is 2.10 bits per heavy atom. The first kappa shape index (κ1) is 15.1. The Bertz CT molecular complexity index is 495. The van der Waals surface area contributed by atoms with Crippen molar-refractivity contribution < 1.29 is 14.7 Å². The molecule has 1 aromatic rings. The quantitative estimate of drug-likeness (QED) is 0.764. The first-order valence-electron chi connectivity index (χ1n) is 7.08. The van der Waals surface area contributed by atoms with Crippen LogP contribution in [-0.4, -0.2) is 52.6 Å². The summed E-state index contributed by atoms with van der Waals surface area (Å²) in [6, 6.07) is 2.90. The molecule has 1 saturated heterocycles. The predicted molar refractivity (Wildman–Crippen MR) is 77.0 cm³/mol. The minimum atomic E-state index is -0.258. The fraction of sp³-hybridized carbons (Fsp3) is 0.500. The minimum Gasteiger partial charge on any atom is -0.506 e. The number of nitrogens with one attached hydrogen (secondary N) is 2. The average Bonchev–Trinajstić information content (AvgIpc) is 2.49. The van der Waals surface area contributed by atoms with Gasteiger partial charge in [-0.3, -0.25) is 4.79 Å². The lowest BCUT2D eigenvalue weighted by Gasteiger charge is -2.32. The van der Waals surface area contributed by atoms with Crippen molar-refractivity contribution >= 4 is 11.9 Å². The molecule has 1 aliphatic rings. The van der Waals surface area contributed by atoms with Crippen molar-refractivity contribution in [3.63, 3.8) is 0 Å². The third-order valence-corrected chi connectivity index (χ3v) is 3.43. The molecule has 21 heavy (non-hydrogen) atoms. The van der Waals surface area contributed by atoms with Gasteiger partial charge in [0.1, 0.15) is 11.4 Å². The van der Waals surface area contributed by atoms with Crippen molar-refractivity contribution in [1.82, 2.24) is 20.5 Å². The number of hydrogen-bond donors (Lipinski definition) is 3. The number of amides is 3. The zero-order valence-corrected chi connectivity index (χ0v) is 12.0. The maximum absolute atomic E-state index is 12.0. The van der Waals surface area contributed by atoms with Crippen molar-refractivity contribution in [2.24, 2.45) is 0 Å². The Hall–Kier alpha value is -2.31. The fourth-order valence-electron chi connectivity index (χ4n) is 2.27. The van der Waals surface area contributed by atoms with E-state index in [2.05, 4.69) is 15.6 Å². The Morgan fingerprint density at radius 1 is 1.38 bits per heavy atom. The van der Waals surface area contributed by atoms with Gasteiger partial charge in [0.25, 0.3) is 5.91 Å². The molecule has 1 aromatic heterocycles. The molecule has 2 heterocycles. The molecule has 0 aliphatic carbocycles. The molecule has 7 heteroatoms. The number of rotatable bonds is 3. The summed E-state index contributed by atoms with van der Waals surface area (Å²) in [4.78, 5) is 29.3. The van der Waals surface area contributed by atoms with Crippen LogP contribution in [0.1, 0.15) is 30.3 Å². The van der Waals surface area contributed by atoms with E-state index >= 15 is 0 Å². The summed E-state index contributed by atoms with van der Waals surface area (Å²) in [7, 11) is 0. The van der Waals surface area contributed by atoms with Gasteiger partial charge in [0, 0.05) is 25.7 Å². The van der Waals surface area contributed by atoms with Crippen molar-refractivity contribution in [1.29, 1.82) is 0 Å². The molecule has 0 spiro atoms. The van der Waals surface area contributed by atoms with E-state index in [1.807, 2.05) is 6.92 Å². The molecular weight excluding hydrogens is 272 g/mol. The van der Waals surface area contributed by atoms with Gasteiger partial charge in [0.15, 0.2) is 0 Å². The maximum atomic E-state index is 12.0. The molecule has 1 aliphatic heterocycles. The normalized spacial score (nSPS) is 15.6. The summed E-state index contributed by atoms with van der Waals surface area (Å²) in [5.41, 5.74) is 0.277. The molecule has 0 aromatic carbocycles. The SMILES string of the molecule is CCNC(=O)N1CCC(NC(=O)c2ccc(O)cn2)CC1. The highest BCUT2D eigenvalue weighted by atomic mass is 16.3. The number of likely N-dealkylation sites (tertiary alicyclic amines) is 1. The van der Waals surface area contributed by atoms with E-state index in [0.717, 1.165) is 12.8 Å². The Morgan fingerprint density at radius 3 is 2.67 bits per heavy atom. The smallest absolute Gasteiger partial charge is 0.317 e. The maximum Gasteiger partial charge on any atom is 0.317 e. The molecule has 3 amide bonds. The molecular formula is C14H20N4O3. The van der Waals surface area contributed by atoms with Crippen LogP contribution in [0.2, 0.25) is 0 Å². The number of piperidine rings is 1. The van der Waals surface area contributed by atoms with Crippen molar-refractivity contribution in [3.8, 4) is 5.75 Å². The Balaban J connectivity index is 1.82. The number of nitrogens with zero attached hydrogens (tertiary/aromatic N) is 2. The van der Waals surface area contributed by atoms with Crippen LogP contribution in [0.5, 0.6) is 5.75 Å². The van der Waals surface area contributed by atoms with Crippen LogP contribution in [0.15, 0.2) is 18.3 Å². The van der Waals surface area contributed by atoms with Gasteiger partial charge in [-0.25, -0.2) is 9.78 Å². The molecule has 1 fully saturated rings. The van der Waals surface area contributed by atoms with Crippen LogP contribution in [0.3, 0.4) is 0 Å². The van der Waals surface area contributed by atoms with E-state index < -0.39 is 0 Å². The molecule has 0 saturated carbocycles. The van der Waals surface area contributed by atoms with E-state index in [1.54, 1.807) is 4.90 Å². The summed E-state index contributed by atoms with van der Waals surface area (Å²) in [5, 5.41) is 14.8. The third-order valence-electron chi connectivity index (χ3n) is 3.43.